The Labute approximate surface area is 190 Å². The van der Waals surface area contributed by atoms with Gasteiger partial charge in [-0.2, -0.15) is 4.31 Å². The van der Waals surface area contributed by atoms with Crippen LogP contribution in [0.15, 0.2) is 81.0 Å². The van der Waals surface area contributed by atoms with Crippen molar-refractivity contribution in [2.45, 2.75) is 24.9 Å². The monoisotopic (exact) mass is 466 g/mol. The smallest absolute Gasteiger partial charge is 0.339 e. The van der Waals surface area contributed by atoms with Gasteiger partial charge in [-0.25, -0.2) is 13.2 Å². The zero-order chi connectivity index (χ0) is 23.6. The molecule has 0 atom stereocenters. The first kappa shape index (κ1) is 22.5. The van der Waals surface area contributed by atoms with Crippen LogP contribution < -0.4 is 5.56 Å². The van der Waals surface area contributed by atoms with Gasteiger partial charge in [0.1, 0.15) is 5.76 Å². The molecule has 33 heavy (non-hydrogen) atoms. The zero-order valence-electron chi connectivity index (χ0n) is 18.1. The average Bonchev–Trinajstić information content (AvgIpc) is 3.32. The fourth-order valence-corrected chi connectivity index (χ4v) is 5.14. The molecule has 4 aromatic rings. The second-order valence-electron chi connectivity index (χ2n) is 7.55. The number of fused-ring (bicyclic) bond motifs is 1. The highest BCUT2D eigenvalue weighted by Gasteiger charge is 2.31. The summed E-state index contributed by atoms with van der Waals surface area (Å²) in [7, 11) is -3.03. The number of furan rings is 1. The minimum absolute atomic E-state index is 0.0904. The maximum Gasteiger partial charge on any atom is 0.339 e. The molecule has 0 aliphatic heterocycles. The number of rotatable bonds is 7. The van der Waals surface area contributed by atoms with Crippen molar-refractivity contribution in [3.63, 3.8) is 0 Å². The van der Waals surface area contributed by atoms with Gasteiger partial charge in [0, 0.05) is 17.6 Å². The number of hydrogen-bond donors (Lipinski definition) is 1. The molecule has 2 aromatic carbocycles. The minimum atomic E-state index is -4.22. The summed E-state index contributed by atoms with van der Waals surface area (Å²) in [5, 5.41) is 0.778. The minimum Gasteiger partial charge on any atom is -0.468 e. The van der Waals surface area contributed by atoms with Crippen molar-refractivity contribution in [2.75, 3.05) is 7.11 Å². The molecule has 2 heterocycles. The SMILES string of the molecule is COC(=O)c1ccccc1S(=O)(=O)N(Cc1ccco1)Cc1cc2ccc(C)cc2[nH]c1=O. The molecule has 0 bridgehead atoms. The number of methoxy groups -OCH3 is 1. The Morgan fingerprint density at radius 1 is 1.06 bits per heavy atom. The van der Waals surface area contributed by atoms with Crippen molar-refractivity contribution in [3.8, 4) is 0 Å². The Morgan fingerprint density at radius 3 is 2.58 bits per heavy atom. The molecule has 0 spiro atoms. The maximum absolute atomic E-state index is 13.7. The lowest BCUT2D eigenvalue weighted by atomic mass is 10.1. The van der Waals surface area contributed by atoms with Crippen LogP contribution in [0.2, 0.25) is 0 Å². The van der Waals surface area contributed by atoms with Gasteiger partial charge in [0.25, 0.3) is 5.56 Å². The van der Waals surface area contributed by atoms with Crippen LogP contribution in [-0.2, 0) is 27.8 Å². The molecule has 0 amide bonds. The third-order valence-electron chi connectivity index (χ3n) is 5.25. The standard InChI is InChI=1S/C24H22N2O6S/c1-16-9-10-17-13-18(23(27)25-21(17)12-16)14-26(15-19-6-5-11-32-19)33(29,30)22-8-4-3-7-20(22)24(28)31-2/h3-13H,14-15H2,1-2H3,(H,25,27). The molecular formula is C24H22N2O6S. The number of aryl methyl sites for hydroxylation is 1. The summed E-state index contributed by atoms with van der Waals surface area (Å²) < 4.78 is 38.6. The number of sulfonamides is 1. The summed E-state index contributed by atoms with van der Waals surface area (Å²) in [6.45, 7) is 1.57. The second-order valence-corrected chi connectivity index (χ2v) is 9.46. The number of aromatic amines is 1. The second kappa shape index (κ2) is 9.05. The molecule has 4 rings (SSSR count). The topological polar surface area (TPSA) is 110 Å². The summed E-state index contributed by atoms with van der Waals surface area (Å²) in [5.41, 5.74) is 1.44. The highest BCUT2D eigenvalue weighted by atomic mass is 32.2. The lowest BCUT2D eigenvalue weighted by Gasteiger charge is -2.22. The molecule has 8 nitrogen and oxygen atoms in total. The predicted octanol–water partition coefficient (Wildman–Crippen LogP) is 3.61. The van der Waals surface area contributed by atoms with Crippen LogP contribution in [0.3, 0.4) is 0 Å². The van der Waals surface area contributed by atoms with E-state index in [2.05, 4.69) is 4.98 Å². The Hall–Kier alpha value is -3.69. The maximum atomic E-state index is 13.7. The van der Waals surface area contributed by atoms with Crippen LogP contribution in [0.4, 0.5) is 0 Å². The fourth-order valence-electron chi connectivity index (χ4n) is 3.58. The van der Waals surface area contributed by atoms with E-state index in [1.165, 1.54) is 31.6 Å². The Balaban J connectivity index is 1.81. The molecule has 0 aliphatic rings. The first-order valence-corrected chi connectivity index (χ1v) is 11.6. The summed E-state index contributed by atoms with van der Waals surface area (Å²) >= 11 is 0. The van der Waals surface area contributed by atoms with E-state index in [-0.39, 0.29) is 29.1 Å². The van der Waals surface area contributed by atoms with Gasteiger partial charge in [-0.1, -0.05) is 24.3 Å². The summed E-state index contributed by atoms with van der Waals surface area (Å²) in [6, 6.07) is 16.4. The number of ether oxygens (including phenoxy) is 1. The van der Waals surface area contributed by atoms with Crippen molar-refractivity contribution in [1.29, 1.82) is 0 Å². The van der Waals surface area contributed by atoms with Gasteiger partial charge in [-0.15, -0.1) is 0 Å². The number of benzene rings is 2. The van der Waals surface area contributed by atoms with Crippen LogP contribution in [-0.4, -0.2) is 30.8 Å². The van der Waals surface area contributed by atoms with Gasteiger partial charge in [-0.3, -0.25) is 4.79 Å². The zero-order valence-corrected chi connectivity index (χ0v) is 18.9. The molecule has 0 fully saturated rings. The average molecular weight is 467 g/mol. The number of pyridine rings is 1. The van der Waals surface area contributed by atoms with E-state index >= 15 is 0 Å². The lowest BCUT2D eigenvalue weighted by molar-refractivity contribution is 0.0596. The molecule has 1 N–H and O–H groups in total. The number of hydrogen-bond acceptors (Lipinski definition) is 6. The third-order valence-corrected chi connectivity index (χ3v) is 7.10. The number of H-pyrrole nitrogens is 1. The molecule has 170 valence electrons. The first-order chi connectivity index (χ1) is 15.8. The molecule has 2 aromatic heterocycles. The van der Waals surface area contributed by atoms with Crippen LogP contribution in [0.1, 0.15) is 27.2 Å². The summed E-state index contributed by atoms with van der Waals surface area (Å²) in [6.07, 6.45) is 1.44. The first-order valence-electron chi connectivity index (χ1n) is 10.1. The number of carbonyl (C=O) groups is 1. The molecule has 0 saturated heterocycles. The van der Waals surface area contributed by atoms with E-state index in [9.17, 15) is 18.0 Å². The number of nitrogens with zero attached hydrogens (tertiary/aromatic N) is 1. The fraction of sp³-hybridized carbons (Fsp3) is 0.167. The van der Waals surface area contributed by atoms with Gasteiger partial charge in [-0.05, 0) is 54.3 Å². The summed E-state index contributed by atoms with van der Waals surface area (Å²) in [5.74, 6) is -0.381. The largest absolute Gasteiger partial charge is 0.468 e. The molecule has 9 heteroatoms. The van der Waals surface area contributed by atoms with E-state index in [0.29, 0.717) is 11.3 Å². The Kier molecular flexibility index (Phi) is 6.17. The van der Waals surface area contributed by atoms with Crippen LogP contribution in [0.25, 0.3) is 10.9 Å². The lowest BCUT2D eigenvalue weighted by Crippen LogP contribution is -2.33. The van der Waals surface area contributed by atoms with E-state index in [4.69, 9.17) is 9.15 Å². The van der Waals surface area contributed by atoms with Crippen LogP contribution >= 0.6 is 0 Å². The number of esters is 1. The number of aromatic nitrogens is 1. The van der Waals surface area contributed by atoms with Crippen molar-refractivity contribution in [2.24, 2.45) is 0 Å². The van der Waals surface area contributed by atoms with Crippen LogP contribution in [0, 0.1) is 6.92 Å². The van der Waals surface area contributed by atoms with Gasteiger partial charge in [0.2, 0.25) is 10.0 Å². The quantitative estimate of drug-likeness (QED) is 0.417. The van der Waals surface area contributed by atoms with Crippen molar-refractivity contribution in [3.05, 3.63) is 99.7 Å². The van der Waals surface area contributed by atoms with Crippen LogP contribution in [0.5, 0.6) is 0 Å². The van der Waals surface area contributed by atoms with Gasteiger partial charge in [0.05, 0.1) is 30.4 Å². The molecule has 0 saturated carbocycles. The Bertz CT molecular complexity index is 1470. The highest BCUT2D eigenvalue weighted by Crippen LogP contribution is 2.25. The molecular weight excluding hydrogens is 444 g/mol. The van der Waals surface area contributed by atoms with Gasteiger partial charge < -0.3 is 14.1 Å². The molecule has 0 unspecified atom stereocenters. The molecule has 0 radical (unpaired) electrons. The number of carbonyl (C=O) groups excluding carboxylic acids is 1. The molecule has 0 aliphatic carbocycles. The van der Waals surface area contributed by atoms with Crippen molar-refractivity contribution in [1.82, 2.24) is 9.29 Å². The Morgan fingerprint density at radius 2 is 1.85 bits per heavy atom. The third kappa shape index (κ3) is 4.59. The van der Waals surface area contributed by atoms with E-state index in [1.54, 1.807) is 24.3 Å². The highest BCUT2D eigenvalue weighted by molar-refractivity contribution is 7.89. The van der Waals surface area contributed by atoms with Gasteiger partial charge >= 0.3 is 5.97 Å². The van der Waals surface area contributed by atoms with Crippen molar-refractivity contribution < 1.29 is 22.4 Å². The van der Waals surface area contributed by atoms with Crippen molar-refractivity contribution >= 4 is 26.9 Å². The number of nitrogens with one attached hydrogen (secondary N) is 1. The summed E-state index contributed by atoms with van der Waals surface area (Å²) in [4.78, 5) is 27.6. The van der Waals surface area contributed by atoms with E-state index < -0.39 is 21.6 Å². The van der Waals surface area contributed by atoms with E-state index in [1.807, 2.05) is 25.1 Å². The van der Waals surface area contributed by atoms with E-state index in [0.717, 1.165) is 15.3 Å². The van der Waals surface area contributed by atoms with Gasteiger partial charge in [0.15, 0.2) is 0 Å². The predicted molar refractivity (Wildman–Crippen MR) is 122 cm³/mol. The normalized spacial score (nSPS) is 11.7.